The van der Waals surface area contributed by atoms with Crippen molar-refractivity contribution in [2.24, 2.45) is 5.41 Å². The summed E-state index contributed by atoms with van der Waals surface area (Å²) in [4.78, 5) is 12.0. The van der Waals surface area contributed by atoms with E-state index in [9.17, 15) is 4.79 Å². The van der Waals surface area contributed by atoms with Crippen molar-refractivity contribution in [3.63, 3.8) is 0 Å². The molecule has 3 heteroatoms. The molecular formula is C15H22N2O. The van der Waals surface area contributed by atoms with Gasteiger partial charge in [-0.15, -0.1) is 0 Å². The van der Waals surface area contributed by atoms with E-state index in [-0.39, 0.29) is 11.9 Å². The first-order valence-corrected chi connectivity index (χ1v) is 6.62. The van der Waals surface area contributed by atoms with E-state index in [2.05, 4.69) is 24.5 Å². The normalized spacial score (nSPS) is 22.4. The first-order chi connectivity index (χ1) is 8.57. The highest BCUT2D eigenvalue weighted by molar-refractivity contribution is 5.81. The molecule has 0 aromatic heterocycles. The summed E-state index contributed by atoms with van der Waals surface area (Å²) in [5, 5.41) is 6.33. The second kappa shape index (κ2) is 5.53. The molecule has 1 heterocycles. The van der Waals surface area contributed by atoms with E-state index in [1.54, 1.807) is 0 Å². The van der Waals surface area contributed by atoms with Crippen molar-refractivity contribution in [3.05, 3.63) is 35.9 Å². The summed E-state index contributed by atoms with van der Waals surface area (Å²) in [5.41, 5.74) is 1.46. The Morgan fingerprint density at radius 2 is 2.11 bits per heavy atom. The molecule has 1 atom stereocenters. The third-order valence-electron chi connectivity index (χ3n) is 3.56. The van der Waals surface area contributed by atoms with Gasteiger partial charge < -0.3 is 10.6 Å². The van der Waals surface area contributed by atoms with Crippen LogP contribution in [0.15, 0.2) is 30.3 Å². The Bertz CT molecular complexity index is 390. The number of benzene rings is 1. The van der Waals surface area contributed by atoms with Gasteiger partial charge in [-0.3, -0.25) is 4.79 Å². The number of carbonyl (C=O) groups is 1. The molecule has 2 rings (SSSR count). The van der Waals surface area contributed by atoms with Crippen LogP contribution in [0.4, 0.5) is 0 Å². The summed E-state index contributed by atoms with van der Waals surface area (Å²) in [6.45, 7) is 5.99. The second-order valence-corrected chi connectivity index (χ2v) is 5.84. The van der Waals surface area contributed by atoms with Crippen molar-refractivity contribution in [1.82, 2.24) is 10.6 Å². The molecule has 0 bridgehead atoms. The van der Waals surface area contributed by atoms with Crippen molar-refractivity contribution in [1.29, 1.82) is 0 Å². The quantitative estimate of drug-likeness (QED) is 0.857. The molecule has 0 saturated carbocycles. The predicted molar refractivity (Wildman–Crippen MR) is 73.1 cm³/mol. The molecule has 3 nitrogen and oxygen atoms in total. The number of rotatable bonds is 3. The molecule has 1 unspecified atom stereocenters. The maximum atomic E-state index is 12.0. The van der Waals surface area contributed by atoms with E-state index in [1.807, 2.05) is 30.3 Å². The second-order valence-electron chi connectivity index (χ2n) is 5.84. The average Bonchev–Trinajstić information content (AvgIpc) is 2.37. The average molecular weight is 246 g/mol. The van der Waals surface area contributed by atoms with Crippen molar-refractivity contribution in [2.75, 3.05) is 6.54 Å². The Morgan fingerprint density at radius 1 is 1.39 bits per heavy atom. The van der Waals surface area contributed by atoms with Crippen molar-refractivity contribution >= 4 is 5.91 Å². The van der Waals surface area contributed by atoms with Gasteiger partial charge in [-0.05, 0) is 23.8 Å². The molecule has 1 amide bonds. The van der Waals surface area contributed by atoms with Gasteiger partial charge in [-0.25, -0.2) is 0 Å². The fraction of sp³-hybridized carbons (Fsp3) is 0.533. The van der Waals surface area contributed by atoms with Gasteiger partial charge in [0.25, 0.3) is 0 Å². The summed E-state index contributed by atoms with van der Waals surface area (Å²) in [7, 11) is 0. The molecule has 2 N–H and O–H groups in total. The van der Waals surface area contributed by atoms with Crippen LogP contribution in [-0.4, -0.2) is 18.5 Å². The Labute approximate surface area is 109 Å². The van der Waals surface area contributed by atoms with Crippen LogP contribution >= 0.6 is 0 Å². The van der Waals surface area contributed by atoms with Crippen LogP contribution in [0.5, 0.6) is 0 Å². The molecule has 1 aliphatic rings. The van der Waals surface area contributed by atoms with Gasteiger partial charge >= 0.3 is 0 Å². The first-order valence-electron chi connectivity index (χ1n) is 6.62. The Kier molecular flexibility index (Phi) is 4.02. The Morgan fingerprint density at radius 3 is 2.72 bits per heavy atom. The predicted octanol–water partition coefficient (Wildman–Crippen LogP) is 2.08. The zero-order valence-electron chi connectivity index (χ0n) is 11.2. The first kappa shape index (κ1) is 13.1. The number of carbonyl (C=O) groups excluding carboxylic acids is 1. The van der Waals surface area contributed by atoms with Crippen LogP contribution in [-0.2, 0) is 11.3 Å². The smallest absolute Gasteiger partial charge is 0.237 e. The van der Waals surface area contributed by atoms with Crippen LogP contribution in [0.3, 0.4) is 0 Å². The standard InChI is InChI=1S/C15H22N2O/c1-15(2)9-8-13(17-11-15)14(18)16-10-12-6-4-3-5-7-12/h3-7,13,17H,8-11H2,1-2H3,(H,16,18). The molecular weight excluding hydrogens is 224 g/mol. The highest BCUT2D eigenvalue weighted by atomic mass is 16.2. The molecule has 18 heavy (non-hydrogen) atoms. The van der Waals surface area contributed by atoms with Gasteiger partial charge in [0.15, 0.2) is 0 Å². The molecule has 1 aliphatic heterocycles. The Hall–Kier alpha value is -1.35. The third kappa shape index (κ3) is 3.57. The topological polar surface area (TPSA) is 41.1 Å². The molecule has 1 fully saturated rings. The minimum absolute atomic E-state index is 0.0262. The number of hydrogen-bond donors (Lipinski definition) is 2. The molecule has 1 aromatic carbocycles. The van der Waals surface area contributed by atoms with Crippen molar-refractivity contribution < 1.29 is 4.79 Å². The minimum atomic E-state index is -0.0262. The van der Waals surface area contributed by atoms with E-state index in [0.29, 0.717) is 12.0 Å². The number of nitrogens with one attached hydrogen (secondary N) is 2. The summed E-state index contributed by atoms with van der Waals surface area (Å²) in [5.74, 6) is 0.120. The highest BCUT2D eigenvalue weighted by Gasteiger charge is 2.29. The van der Waals surface area contributed by atoms with Gasteiger partial charge in [0, 0.05) is 13.1 Å². The molecule has 0 spiro atoms. The van der Waals surface area contributed by atoms with Crippen molar-refractivity contribution in [2.45, 2.75) is 39.3 Å². The fourth-order valence-corrected chi connectivity index (χ4v) is 2.26. The zero-order valence-corrected chi connectivity index (χ0v) is 11.2. The molecule has 1 saturated heterocycles. The zero-order chi connectivity index (χ0) is 13.0. The summed E-state index contributed by atoms with van der Waals surface area (Å²) < 4.78 is 0. The SMILES string of the molecule is CC1(C)CCC(C(=O)NCc2ccccc2)NC1. The van der Waals surface area contributed by atoms with Crippen LogP contribution < -0.4 is 10.6 Å². The van der Waals surface area contributed by atoms with E-state index in [4.69, 9.17) is 0 Å². The minimum Gasteiger partial charge on any atom is -0.351 e. The summed E-state index contributed by atoms with van der Waals surface area (Å²) in [6.07, 6.45) is 2.02. The third-order valence-corrected chi connectivity index (χ3v) is 3.56. The number of amides is 1. The number of hydrogen-bond acceptors (Lipinski definition) is 2. The van der Waals surface area contributed by atoms with Crippen LogP contribution in [0.2, 0.25) is 0 Å². The van der Waals surface area contributed by atoms with E-state index >= 15 is 0 Å². The van der Waals surface area contributed by atoms with Crippen molar-refractivity contribution in [3.8, 4) is 0 Å². The van der Waals surface area contributed by atoms with Gasteiger partial charge in [0.05, 0.1) is 6.04 Å². The lowest BCUT2D eigenvalue weighted by Crippen LogP contribution is -2.50. The fourth-order valence-electron chi connectivity index (χ4n) is 2.26. The van der Waals surface area contributed by atoms with Gasteiger partial charge in [-0.2, -0.15) is 0 Å². The molecule has 98 valence electrons. The lowest BCUT2D eigenvalue weighted by Gasteiger charge is -2.34. The maximum Gasteiger partial charge on any atom is 0.237 e. The number of piperidine rings is 1. The van der Waals surface area contributed by atoms with E-state index in [1.165, 1.54) is 0 Å². The molecule has 1 aromatic rings. The van der Waals surface area contributed by atoms with Gasteiger partial charge in [0.2, 0.25) is 5.91 Å². The van der Waals surface area contributed by atoms with Crippen LogP contribution in [0, 0.1) is 5.41 Å². The largest absolute Gasteiger partial charge is 0.351 e. The Balaban J connectivity index is 1.79. The molecule has 0 aliphatic carbocycles. The van der Waals surface area contributed by atoms with E-state index < -0.39 is 0 Å². The maximum absolute atomic E-state index is 12.0. The van der Waals surface area contributed by atoms with Crippen LogP contribution in [0.25, 0.3) is 0 Å². The summed E-state index contributed by atoms with van der Waals surface area (Å²) in [6, 6.07) is 9.98. The van der Waals surface area contributed by atoms with E-state index in [0.717, 1.165) is 24.9 Å². The monoisotopic (exact) mass is 246 g/mol. The highest BCUT2D eigenvalue weighted by Crippen LogP contribution is 2.26. The van der Waals surface area contributed by atoms with Crippen LogP contribution in [0.1, 0.15) is 32.3 Å². The van der Waals surface area contributed by atoms with Gasteiger partial charge in [-0.1, -0.05) is 44.2 Å². The molecule has 0 radical (unpaired) electrons. The van der Waals surface area contributed by atoms with Gasteiger partial charge in [0.1, 0.15) is 0 Å². The summed E-state index contributed by atoms with van der Waals surface area (Å²) >= 11 is 0. The lowest BCUT2D eigenvalue weighted by atomic mass is 9.82. The lowest BCUT2D eigenvalue weighted by molar-refractivity contribution is -0.124.